The number of hydrogen-bond donors (Lipinski definition) is 0. The van der Waals surface area contributed by atoms with Crippen molar-refractivity contribution in [1.29, 1.82) is 0 Å². The number of para-hydroxylation sites is 2. The van der Waals surface area contributed by atoms with Crippen LogP contribution in [0.15, 0.2) is 199 Å². The molecule has 0 spiro atoms. The first-order chi connectivity index (χ1) is 27.7. The fraction of sp³-hybridized carbons (Fsp3) is 0. The third-order valence-corrected chi connectivity index (χ3v) is 10.7. The molecule has 0 unspecified atom stereocenters. The molecule has 0 aliphatic heterocycles. The maximum atomic E-state index is 6.29. The van der Waals surface area contributed by atoms with Crippen LogP contribution in [0.4, 0.5) is 0 Å². The third kappa shape index (κ3) is 5.37. The van der Waals surface area contributed by atoms with Crippen LogP contribution < -0.4 is 0 Å². The fourth-order valence-corrected chi connectivity index (χ4v) is 8.01. The highest BCUT2D eigenvalue weighted by molar-refractivity contribution is 6.15. The molecule has 0 aliphatic carbocycles. The van der Waals surface area contributed by atoms with Crippen LogP contribution in [0, 0.1) is 0 Å². The van der Waals surface area contributed by atoms with E-state index in [1.807, 2.05) is 42.6 Å². The quantitative estimate of drug-likeness (QED) is 0.172. The largest absolute Gasteiger partial charge is 0.456 e. The monoisotopic (exact) mass is 716 g/mol. The minimum absolute atomic E-state index is 0.694. The van der Waals surface area contributed by atoms with E-state index in [4.69, 9.17) is 14.4 Å². The predicted molar refractivity (Wildman–Crippen MR) is 229 cm³/mol. The average molecular weight is 717 g/mol. The Bertz CT molecular complexity index is 3220. The first kappa shape index (κ1) is 31.9. The topological polar surface area (TPSA) is 56.7 Å². The summed E-state index contributed by atoms with van der Waals surface area (Å²) in [6.07, 6.45) is 3.68. The van der Waals surface area contributed by atoms with Crippen molar-refractivity contribution in [2.24, 2.45) is 0 Å². The molecule has 56 heavy (non-hydrogen) atoms. The molecule has 4 heterocycles. The standard InChI is InChI=1S/C51H32N4O/c1-2-10-37(11-3-1)51-53-43(31-44(54-51)36-25-21-34(22-26-36)39-12-9-29-52-32-39)35-23-19-33(20-24-35)38-27-28-46-42(30-38)40-13-4-6-15-45(40)55(46)47-16-8-18-49-50(47)41-14-5-7-17-48(41)56-49/h1-32H. The molecule has 0 saturated heterocycles. The molecule has 0 N–H and O–H groups in total. The van der Waals surface area contributed by atoms with Crippen molar-refractivity contribution in [3.8, 4) is 61.8 Å². The van der Waals surface area contributed by atoms with E-state index in [1.165, 1.54) is 10.8 Å². The van der Waals surface area contributed by atoms with E-state index in [2.05, 4.69) is 155 Å². The van der Waals surface area contributed by atoms with Gasteiger partial charge in [-0.1, -0.05) is 133 Å². The van der Waals surface area contributed by atoms with Gasteiger partial charge in [-0.3, -0.25) is 4.98 Å². The maximum Gasteiger partial charge on any atom is 0.160 e. The van der Waals surface area contributed by atoms with E-state index in [0.29, 0.717) is 5.82 Å². The molecular formula is C51H32N4O. The molecule has 7 aromatic carbocycles. The Balaban J connectivity index is 0.989. The van der Waals surface area contributed by atoms with Crippen LogP contribution in [0.3, 0.4) is 0 Å². The van der Waals surface area contributed by atoms with Crippen LogP contribution in [0.1, 0.15) is 0 Å². The van der Waals surface area contributed by atoms with Gasteiger partial charge in [-0.25, -0.2) is 9.97 Å². The van der Waals surface area contributed by atoms with Crippen LogP contribution in [0.25, 0.3) is 106 Å². The van der Waals surface area contributed by atoms with Crippen LogP contribution in [0.5, 0.6) is 0 Å². The van der Waals surface area contributed by atoms with Gasteiger partial charge >= 0.3 is 0 Å². The van der Waals surface area contributed by atoms with Gasteiger partial charge in [0.1, 0.15) is 11.2 Å². The van der Waals surface area contributed by atoms with Gasteiger partial charge in [0.15, 0.2) is 5.82 Å². The number of pyridine rings is 1. The van der Waals surface area contributed by atoms with E-state index in [0.717, 1.165) is 89.0 Å². The van der Waals surface area contributed by atoms with Gasteiger partial charge in [-0.05, 0) is 70.8 Å². The zero-order chi connectivity index (χ0) is 37.0. The molecule has 0 aliphatic rings. The van der Waals surface area contributed by atoms with Gasteiger partial charge in [0.05, 0.1) is 33.5 Å². The second kappa shape index (κ2) is 13.0. The van der Waals surface area contributed by atoms with E-state index in [9.17, 15) is 0 Å². The van der Waals surface area contributed by atoms with Crippen molar-refractivity contribution in [1.82, 2.24) is 19.5 Å². The van der Waals surface area contributed by atoms with Crippen LogP contribution in [0.2, 0.25) is 0 Å². The Morgan fingerprint density at radius 1 is 0.393 bits per heavy atom. The third-order valence-electron chi connectivity index (χ3n) is 10.7. The number of fused-ring (bicyclic) bond motifs is 6. The van der Waals surface area contributed by atoms with E-state index < -0.39 is 0 Å². The van der Waals surface area contributed by atoms with Crippen LogP contribution in [-0.4, -0.2) is 19.5 Å². The molecule has 0 saturated carbocycles. The molecule has 0 amide bonds. The van der Waals surface area contributed by atoms with Crippen LogP contribution >= 0.6 is 0 Å². The minimum Gasteiger partial charge on any atom is -0.456 e. The highest BCUT2D eigenvalue weighted by Gasteiger charge is 2.18. The lowest BCUT2D eigenvalue weighted by Gasteiger charge is -2.11. The highest BCUT2D eigenvalue weighted by Crippen LogP contribution is 2.40. The van der Waals surface area contributed by atoms with Gasteiger partial charge in [-0.15, -0.1) is 0 Å². The zero-order valence-electron chi connectivity index (χ0n) is 30.2. The highest BCUT2D eigenvalue weighted by atomic mass is 16.3. The Labute approximate surface area is 322 Å². The summed E-state index contributed by atoms with van der Waals surface area (Å²) in [6, 6.07) is 63.6. The molecule has 262 valence electrons. The summed E-state index contributed by atoms with van der Waals surface area (Å²) in [5, 5.41) is 4.65. The molecule has 5 heteroatoms. The van der Waals surface area contributed by atoms with Gasteiger partial charge in [-0.2, -0.15) is 0 Å². The summed E-state index contributed by atoms with van der Waals surface area (Å²) in [6.45, 7) is 0. The molecule has 0 radical (unpaired) electrons. The van der Waals surface area contributed by atoms with Crippen molar-refractivity contribution in [2.75, 3.05) is 0 Å². The number of aromatic nitrogens is 4. The first-order valence-corrected chi connectivity index (χ1v) is 18.8. The number of nitrogens with zero attached hydrogens (tertiary/aromatic N) is 4. The van der Waals surface area contributed by atoms with Crippen molar-refractivity contribution >= 4 is 43.7 Å². The van der Waals surface area contributed by atoms with Crippen molar-refractivity contribution in [2.45, 2.75) is 0 Å². The second-order valence-electron chi connectivity index (χ2n) is 14.1. The minimum atomic E-state index is 0.694. The average Bonchev–Trinajstić information content (AvgIpc) is 3.83. The molecule has 4 aromatic heterocycles. The Hall–Kier alpha value is -7.63. The molecule has 0 atom stereocenters. The summed E-state index contributed by atoms with van der Waals surface area (Å²) in [5.74, 6) is 0.694. The summed E-state index contributed by atoms with van der Waals surface area (Å²) < 4.78 is 8.67. The van der Waals surface area contributed by atoms with E-state index >= 15 is 0 Å². The fourth-order valence-electron chi connectivity index (χ4n) is 8.01. The molecular weight excluding hydrogens is 685 g/mol. The Kier molecular flexibility index (Phi) is 7.42. The lowest BCUT2D eigenvalue weighted by atomic mass is 9.99. The molecule has 11 rings (SSSR count). The summed E-state index contributed by atoms with van der Waals surface area (Å²) in [5.41, 5.74) is 14.5. The second-order valence-corrected chi connectivity index (χ2v) is 14.1. The lowest BCUT2D eigenvalue weighted by molar-refractivity contribution is 0.669. The smallest absolute Gasteiger partial charge is 0.160 e. The number of rotatable bonds is 6. The summed E-state index contributed by atoms with van der Waals surface area (Å²) >= 11 is 0. The zero-order valence-corrected chi connectivity index (χ0v) is 30.2. The van der Waals surface area contributed by atoms with Gasteiger partial charge in [0.25, 0.3) is 0 Å². The van der Waals surface area contributed by atoms with Gasteiger partial charge in [0, 0.05) is 45.2 Å². The maximum absolute atomic E-state index is 6.29. The van der Waals surface area contributed by atoms with Crippen LogP contribution in [-0.2, 0) is 0 Å². The molecule has 0 bridgehead atoms. The first-order valence-electron chi connectivity index (χ1n) is 18.8. The van der Waals surface area contributed by atoms with E-state index in [1.54, 1.807) is 6.20 Å². The molecule has 11 aromatic rings. The summed E-state index contributed by atoms with van der Waals surface area (Å²) in [7, 11) is 0. The normalized spacial score (nSPS) is 11.6. The number of hydrogen-bond acceptors (Lipinski definition) is 4. The van der Waals surface area contributed by atoms with Crippen molar-refractivity contribution < 1.29 is 4.42 Å². The molecule has 0 fully saturated rings. The van der Waals surface area contributed by atoms with Gasteiger partial charge in [0.2, 0.25) is 0 Å². The summed E-state index contributed by atoms with van der Waals surface area (Å²) in [4.78, 5) is 14.4. The molecule has 5 nitrogen and oxygen atoms in total. The van der Waals surface area contributed by atoms with E-state index in [-0.39, 0.29) is 0 Å². The number of benzene rings is 7. The van der Waals surface area contributed by atoms with Crippen molar-refractivity contribution in [3.63, 3.8) is 0 Å². The van der Waals surface area contributed by atoms with Crippen molar-refractivity contribution in [3.05, 3.63) is 194 Å². The van der Waals surface area contributed by atoms with Gasteiger partial charge < -0.3 is 8.98 Å². The Morgan fingerprint density at radius 2 is 1.00 bits per heavy atom. The Morgan fingerprint density at radius 3 is 1.75 bits per heavy atom. The SMILES string of the molecule is c1ccc(-c2nc(-c3ccc(-c4cccnc4)cc3)cc(-c3ccc(-c4ccc5c(c4)c4ccccc4n5-c4cccc5oc6ccccc6c45)cc3)n2)cc1. The lowest BCUT2D eigenvalue weighted by Crippen LogP contribution is -1.96. The number of furan rings is 1. The predicted octanol–water partition coefficient (Wildman–Crippen LogP) is 13.2.